The second kappa shape index (κ2) is 10.0. The highest BCUT2D eigenvalue weighted by Crippen LogP contribution is 2.40. The molecule has 1 aromatic carbocycles. The first-order valence-corrected chi connectivity index (χ1v) is 11.8. The van der Waals surface area contributed by atoms with Crippen LogP contribution in [0.4, 0.5) is 25.4 Å². The minimum atomic E-state index is -1.44. The third-order valence-corrected chi connectivity index (χ3v) is 6.32. The maximum atomic E-state index is 14.9. The lowest BCUT2D eigenvalue weighted by Crippen LogP contribution is -2.16. The number of carbonyl (C=O) groups is 2. The van der Waals surface area contributed by atoms with Crippen molar-refractivity contribution >= 4 is 39.8 Å². The van der Waals surface area contributed by atoms with E-state index in [9.17, 15) is 23.5 Å². The number of hydrogen-bond acceptors (Lipinski definition) is 8. The number of hydrogen-bond donors (Lipinski definition) is 4. The molecule has 0 aliphatic rings. The van der Waals surface area contributed by atoms with Gasteiger partial charge in [0.25, 0.3) is 5.91 Å². The molecule has 3 aromatic heterocycles. The molecule has 0 atom stereocenters. The number of amides is 2. The fraction of sp³-hybridized carbons (Fsp3) is 0.208. The van der Waals surface area contributed by atoms with E-state index < -0.39 is 23.1 Å². The molecular weight excluding hydrogens is 504 g/mol. The van der Waals surface area contributed by atoms with Crippen LogP contribution in [0, 0.1) is 11.6 Å². The van der Waals surface area contributed by atoms with Crippen LogP contribution < -0.4 is 16.4 Å². The number of aromatic nitrogens is 4. The Hall–Kier alpha value is -4.23. The van der Waals surface area contributed by atoms with Crippen LogP contribution in [-0.4, -0.2) is 36.9 Å². The molecule has 0 fully saturated rings. The van der Waals surface area contributed by atoms with E-state index in [1.165, 1.54) is 30.9 Å². The van der Waals surface area contributed by atoms with Gasteiger partial charge in [0.1, 0.15) is 22.5 Å². The largest absolute Gasteiger partial charge is 0.386 e. The Bertz CT molecular complexity index is 1470. The fourth-order valence-corrected chi connectivity index (χ4v) is 4.59. The predicted octanol–water partition coefficient (Wildman–Crippen LogP) is 3.47. The quantitative estimate of drug-likeness (QED) is 0.274. The zero-order chi connectivity index (χ0) is 26.9. The smallest absolute Gasteiger partial charge is 0.251 e. The second-order valence-corrected chi connectivity index (χ2v) is 9.73. The van der Waals surface area contributed by atoms with E-state index in [4.69, 9.17) is 5.73 Å². The van der Waals surface area contributed by atoms with E-state index in [2.05, 4.69) is 25.8 Å². The molecule has 0 saturated carbocycles. The molecule has 37 heavy (non-hydrogen) atoms. The van der Waals surface area contributed by atoms with Gasteiger partial charge in [0.05, 0.1) is 35.0 Å². The average molecular weight is 528 g/mol. The van der Waals surface area contributed by atoms with Gasteiger partial charge < -0.3 is 21.5 Å². The summed E-state index contributed by atoms with van der Waals surface area (Å²) in [5.74, 6) is -2.36. The molecule has 0 bridgehead atoms. The Morgan fingerprint density at radius 2 is 1.86 bits per heavy atom. The number of pyridine rings is 1. The number of nitrogens with two attached hydrogens (primary N) is 1. The number of anilines is 3. The lowest BCUT2D eigenvalue weighted by molar-refractivity contribution is -0.115. The summed E-state index contributed by atoms with van der Waals surface area (Å²) >= 11 is 0.910. The maximum absolute atomic E-state index is 14.9. The lowest BCUT2D eigenvalue weighted by Gasteiger charge is -2.18. The van der Waals surface area contributed by atoms with E-state index in [1.54, 1.807) is 25.2 Å². The van der Waals surface area contributed by atoms with Gasteiger partial charge in [-0.3, -0.25) is 9.59 Å². The molecule has 2 amide bonds. The molecule has 10 nitrogen and oxygen atoms in total. The SMILES string of the molecule is Cn1ncc(NC(=O)Cc2cccc(Nc3sc(-c4c(F)cc(C(C)(C)O)cc4F)cc3C(N)=O)n2)n1. The zero-order valence-electron chi connectivity index (χ0n) is 20.0. The normalized spacial score (nSPS) is 11.4. The van der Waals surface area contributed by atoms with Gasteiger partial charge in [-0.2, -0.15) is 9.90 Å². The van der Waals surface area contributed by atoms with Crippen LogP contribution >= 0.6 is 11.3 Å². The molecule has 0 radical (unpaired) electrons. The summed E-state index contributed by atoms with van der Waals surface area (Å²) in [7, 11) is 1.62. The molecule has 5 N–H and O–H groups in total. The monoisotopic (exact) mass is 527 g/mol. The molecule has 0 unspecified atom stereocenters. The molecular formula is C24H23F2N7O3S. The minimum absolute atomic E-state index is 0.0120. The molecule has 4 rings (SSSR count). The summed E-state index contributed by atoms with van der Waals surface area (Å²) in [6.45, 7) is 2.83. The summed E-state index contributed by atoms with van der Waals surface area (Å²) in [6, 6.07) is 8.30. The van der Waals surface area contributed by atoms with Crippen molar-refractivity contribution in [2.24, 2.45) is 12.8 Å². The summed E-state index contributed by atoms with van der Waals surface area (Å²) < 4.78 is 29.8. The zero-order valence-corrected chi connectivity index (χ0v) is 20.9. The van der Waals surface area contributed by atoms with Crippen LogP contribution in [0.25, 0.3) is 10.4 Å². The number of primary amides is 1. The molecule has 4 aromatic rings. The highest BCUT2D eigenvalue weighted by atomic mass is 32.1. The summed E-state index contributed by atoms with van der Waals surface area (Å²) in [4.78, 5) is 30.2. The first-order chi connectivity index (χ1) is 17.4. The van der Waals surface area contributed by atoms with Gasteiger partial charge in [-0.1, -0.05) is 6.07 Å². The van der Waals surface area contributed by atoms with Gasteiger partial charge in [0.15, 0.2) is 5.82 Å². The van der Waals surface area contributed by atoms with Gasteiger partial charge >= 0.3 is 0 Å². The first-order valence-electron chi connectivity index (χ1n) is 11.0. The number of carbonyl (C=O) groups excluding carboxylic acids is 2. The van der Waals surface area contributed by atoms with Gasteiger partial charge in [0, 0.05) is 11.9 Å². The standard InChI is InChI=1S/C24H23F2N7O3S/c1-24(2,36)12-7-15(25)21(16(26)8-12)17-10-14(22(27)35)23(37-17)31-18-6-4-5-13(29-18)9-20(34)30-19-11-28-33(3)32-19/h4-8,10-11,36H,9H2,1-3H3,(H2,27,35)(H,29,31)(H,30,32,34). The van der Waals surface area contributed by atoms with Crippen LogP contribution in [0.15, 0.2) is 42.6 Å². The average Bonchev–Trinajstić information content (AvgIpc) is 3.38. The van der Waals surface area contributed by atoms with Crippen molar-refractivity contribution in [1.29, 1.82) is 0 Å². The number of aryl methyl sites for hydroxylation is 1. The summed E-state index contributed by atoms with van der Waals surface area (Å²) in [6.07, 6.45) is 1.35. The maximum Gasteiger partial charge on any atom is 0.251 e. The van der Waals surface area contributed by atoms with Crippen LogP contribution in [0.1, 0.15) is 35.5 Å². The fourth-order valence-electron chi connectivity index (χ4n) is 3.47. The third-order valence-electron chi connectivity index (χ3n) is 5.25. The first kappa shape index (κ1) is 25.9. The number of halogens is 2. The lowest BCUT2D eigenvalue weighted by atomic mass is 9.96. The van der Waals surface area contributed by atoms with E-state index in [0.717, 1.165) is 23.5 Å². The number of rotatable bonds is 8. The van der Waals surface area contributed by atoms with E-state index in [0.29, 0.717) is 17.3 Å². The molecule has 192 valence electrons. The van der Waals surface area contributed by atoms with Crippen molar-refractivity contribution in [1.82, 2.24) is 20.0 Å². The number of nitrogens with one attached hydrogen (secondary N) is 2. The van der Waals surface area contributed by atoms with E-state index in [-0.39, 0.29) is 38.9 Å². The number of nitrogens with zero attached hydrogens (tertiary/aromatic N) is 4. The topological polar surface area (TPSA) is 148 Å². The van der Waals surface area contributed by atoms with E-state index in [1.807, 2.05) is 0 Å². The molecule has 0 spiro atoms. The van der Waals surface area contributed by atoms with Crippen LogP contribution in [0.3, 0.4) is 0 Å². The van der Waals surface area contributed by atoms with Crippen molar-refractivity contribution in [3.05, 3.63) is 71.1 Å². The van der Waals surface area contributed by atoms with Crippen molar-refractivity contribution < 1.29 is 23.5 Å². The van der Waals surface area contributed by atoms with E-state index >= 15 is 0 Å². The molecule has 13 heteroatoms. The van der Waals surface area contributed by atoms with Crippen LogP contribution in [0.5, 0.6) is 0 Å². The highest BCUT2D eigenvalue weighted by molar-refractivity contribution is 7.20. The Kier molecular flexibility index (Phi) is 7.01. The Morgan fingerprint density at radius 1 is 1.16 bits per heavy atom. The predicted molar refractivity (Wildman–Crippen MR) is 134 cm³/mol. The molecule has 0 aliphatic heterocycles. The summed E-state index contributed by atoms with van der Waals surface area (Å²) in [5.41, 5.74) is 4.22. The Morgan fingerprint density at radius 3 is 2.46 bits per heavy atom. The molecule has 0 aliphatic carbocycles. The van der Waals surface area contributed by atoms with Crippen molar-refractivity contribution in [2.75, 3.05) is 10.6 Å². The van der Waals surface area contributed by atoms with Crippen molar-refractivity contribution in [3.8, 4) is 10.4 Å². The van der Waals surface area contributed by atoms with Crippen molar-refractivity contribution in [2.45, 2.75) is 25.9 Å². The second-order valence-electron chi connectivity index (χ2n) is 8.67. The van der Waals surface area contributed by atoms with Gasteiger partial charge in [-0.25, -0.2) is 13.8 Å². The number of thiophene rings is 1. The number of aliphatic hydroxyl groups is 1. The van der Waals surface area contributed by atoms with Gasteiger partial charge in [-0.15, -0.1) is 16.4 Å². The molecule has 3 heterocycles. The van der Waals surface area contributed by atoms with Gasteiger partial charge in [0.2, 0.25) is 5.91 Å². The van der Waals surface area contributed by atoms with Crippen molar-refractivity contribution in [3.63, 3.8) is 0 Å². The van der Waals surface area contributed by atoms with Crippen LogP contribution in [0.2, 0.25) is 0 Å². The Labute approximate surface area is 214 Å². The highest BCUT2D eigenvalue weighted by Gasteiger charge is 2.24. The summed E-state index contributed by atoms with van der Waals surface area (Å²) in [5, 5.41) is 23.7. The Balaban J connectivity index is 1.59. The molecule has 0 saturated heterocycles. The number of benzene rings is 1. The van der Waals surface area contributed by atoms with Gasteiger partial charge in [-0.05, 0) is 49.7 Å². The van der Waals surface area contributed by atoms with Crippen LogP contribution in [-0.2, 0) is 23.9 Å². The minimum Gasteiger partial charge on any atom is -0.386 e. The third kappa shape index (κ3) is 5.95.